The number of esters is 1. The minimum absolute atomic E-state index is 0.139. The fourth-order valence-electron chi connectivity index (χ4n) is 2.77. The number of ether oxygens (including phenoxy) is 1. The van der Waals surface area contributed by atoms with E-state index in [1.807, 2.05) is 11.5 Å². The van der Waals surface area contributed by atoms with Gasteiger partial charge in [0.25, 0.3) is 0 Å². The first-order chi connectivity index (χ1) is 11.0. The van der Waals surface area contributed by atoms with Crippen molar-refractivity contribution in [1.29, 1.82) is 0 Å². The van der Waals surface area contributed by atoms with Crippen LogP contribution in [0.15, 0.2) is 6.33 Å². The zero-order chi connectivity index (χ0) is 17.0. The Morgan fingerprint density at radius 3 is 2.74 bits per heavy atom. The molecule has 1 aromatic heterocycles. The molecule has 0 saturated heterocycles. The van der Waals surface area contributed by atoms with E-state index in [1.165, 1.54) is 12.0 Å². The van der Waals surface area contributed by atoms with Crippen LogP contribution in [0.3, 0.4) is 0 Å². The van der Waals surface area contributed by atoms with Gasteiger partial charge in [-0.05, 0) is 6.42 Å². The quantitative estimate of drug-likeness (QED) is 0.769. The molecule has 23 heavy (non-hydrogen) atoms. The zero-order valence-electron chi connectivity index (χ0n) is 13.3. The number of aryl methyl sites for hydroxylation is 1. The maximum atomic E-state index is 12.4. The summed E-state index contributed by atoms with van der Waals surface area (Å²) >= 11 is 0. The number of imidazole rings is 1. The van der Waals surface area contributed by atoms with Crippen LogP contribution in [0.1, 0.15) is 37.6 Å². The number of nitrogens with zero attached hydrogens (tertiary/aromatic N) is 3. The second-order valence-electron chi connectivity index (χ2n) is 5.49. The predicted molar refractivity (Wildman–Crippen MR) is 79.4 cm³/mol. The third-order valence-electron chi connectivity index (χ3n) is 3.93. The maximum absolute atomic E-state index is 12.4. The van der Waals surface area contributed by atoms with Gasteiger partial charge in [0.1, 0.15) is 6.04 Å². The van der Waals surface area contributed by atoms with E-state index in [4.69, 9.17) is 9.84 Å². The van der Waals surface area contributed by atoms with Crippen molar-refractivity contribution in [2.24, 2.45) is 0 Å². The molecule has 8 heteroatoms. The summed E-state index contributed by atoms with van der Waals surface area (Å²) in [5.41, 5.74) is 1.69. The molecule has 1 N–H and O–H groups in total. The van der Waals surface area contributed by atoms with Gasteiger partial charge in [-0.25, -0.2) is 9.78 Å². The number of carboxylic acid groups (broad SMARTS) is 1. The molecule has 0 bridgehead atoms. The van der Waals surface area contributed by atoms with E-state index in [1.54, 1.807) is 6.33 Å². The molecule has 0 spiro atoms. The fraction of sp³-hybridized carbons (Fsp3) is 0.600. The van der Waals surface area contributed by atoms with E-state index < -0.39 is 18.0 Å². The number of carbonyl (C=O) groups excluding carboxylic acids is 2. The van der Waals surface area contributed by atoms with E-state index in [9.17, 15) is 14.4 Å². The number of carboxylic acids is 1. The number of aliphatic carboxylic acids is 1. The third-order valence-corrected chi connectivity index (χ3v) is 3.93. The predicted octanol–water partition coefficient (Wildman–Crippen LogP) is 0.584. The summed E-state index contributed by atoms with van der Waals surface area (Å²) in [4.78, 5) is 40.8. The van der Waals surface area contributed by atoms with Crippen LogP contribution in [0.4, 0.5) is 0 Å². The molecular weight excluding hydrogens is 302 g/mol. The molecule has 1 unspecified atom stereocenters. The topological polar surface area (TPSA) is 102 Å². The minimum atomic E-state index is -1.04. The largest absolute Gasteiger partial charge is 0.481 e. The molecule has 0 aromatic carbocycles. The van der Waals surface area contributed by atoms with Crippen LogP contribution < -0.4 is 0 Å². The zero-order valence-corrected chi connectivity index (χ0v) is 13.3. The number of carbonyl (C=O) groups is 3. The average Bonchev–Trinajstić information content (AvgIpc) is 2.93. The summed E-state index contributed by atoms with van der Waals surface area (Å²) in [6, 6.07) is -0.751. The number of hydrogen-bond donors (Lipinski definition) is 1. The lowest BCUT2D eigenvalue weighted by Crippen LogP contribution is -2.49. The van der Waals surface area contributed by atoms with Gasteiger partial charge in [0.2, 0.25) is 5.91 Å². The van der Waals surface area contributed by atoms with Crippen LogP contribution in [0.25, 0.3) is 0 Å². The van der Waals surface area contributed by atoms with Gasteiger partial charge in [0.15, 0.2) is 0 Å². The van der Waals surface area contributed by atoms with Gasteiger partial charge in [-0.1, -0.05) is 6.92 Å². The van der Waals surface area contributed by atoms with Crippen molar-refractivity contribution >= 4 is 17.8 Å². The van der Waals surface area contributed by atoms with Crippen LogP contribution in [-0.2, 0) is 38.6 Å². The van der Waals surface area contributed by atoms with E-state index in [0.717, 1.165) is 24.4 Å². The molecule has 0 saturated carbocycles. The van der Waals surface area contributed by atoms with Crippen LogP contribution >= 0.6 is 0 Å². The van der Waals surface area contributed by atoms with Crippen LogP contribution in [0.5, 0.6) is 0 Å². The molecule has 8 nitrogen and oxygen atoms in total. The number of amides is 1. The summed E-state index contributed by atoms with van der Waals surface area (Å²) in [6.45, 7) is 3.07. The van der Waals surface area contributed by atoms with Crippen molar-refractivity contribution in [2.75, 3.05) is 7.11 Å². The Hall–Kier alpha value is -2.38. The number of fused-ring (bicyclic) bond motifs is 1. The Morgan fingerprint density at radius 2 is 2.13 bits per heavy atom. The molecular formula is C15H21N3O5. The molecule has 1 atom stereocenters. The van der Waals surface area contributed by atoms with Crippen molar-refractivity contribution < 1.29 is 24.2 Å². The van der Waals surface area contributed by atoms with Crippen molar-refractivity contribution in [1.82, 2.24) is 14.5 Å². The van der Waals surface area contributed by atoms with Crippen LogP contribution in [0.2, 0.25) is 0 Å². The highest BCUT2D eigenvalue weighted by atomic mass is 16.5. The standard InChI is InChI=1S/C15H21N3O5/c1-3-6-17-9-16-10-7-11(15(22)23-2)18(8-12(10)17)13(19)4-5-14(20)21/h9,11H,3-8H2,1-2H3,(H,20,21). The van der Waals surface area contributed by atoms with Crippen LogP contribution in [-0.4, -0.2) is 50.6 Å². The van der Waals surface area contributed by atoms with E-state index in [2.05, 4.69) is 4.98 Å². The number of methoxy groups -OCH3 is 1. The smallest absolute Gasteiger partial charge is 0.329 e. The second-order valence-corrected chi connectivity index (χ2v) is 5.49. The number of aromatic nitrogens is 2. The molecule has 2 heterocycles. The van der Waals surface area contributed by atoms with Gasteiger partial charge >= 0.3 is 11.9 Å². The van der Waals surface area contributed by atoms with E-state index in [0.29, 0.717) is 0 Å². The SMILES string of the molecule is CCCn1cnc2c1CN(C(=O)CCC(=O)O)C(C(=O)OC)C2. The highest BCUT2D eigenvalue weighted by molar-refractivity contribution is 5.86. The highest BCUT2D eigenvalue weighted by Gasteiger charge is 2.37. The Bertz CT molecular complexity index is 610. The van der Waals surface area contributed by atoms with Gasteiger partial charge < -0.3 is 19.3 Å². The van der Waals surface area contributed by atoms with Gasteiger partial charge in [-0.3, -0.25) is 9.59 Å². The van der Waals surface area contributed by atoms with Crippen molar-refractivity contribution in [2.45, 2.75) is 51.7 Å². The first kappa shape index (κ1) is 17.0. The third kappa shape index (κ3) is 3.69. The van der Waals surface area contributed by atoms with E-state index in [-0.39, 0.29) is 31.7 Å². The van der Waals surface area contributed by atoms with Crippen molar-refractivity contribution in [3.8, 4) is 0 Å². The highest BCUT2D eigenvalue weighted by Crippen LogP contribution is 2.24. The van der Waals surface area contributed by atoms with Crippen molar-refractivity contribution in [3.05, 3.63) is 17.7 Å². The summed E-state index contributed by atoms with van der Waals surface area (Å²) in [5.74, 6) is -1.91. The van der Waals surface area contributed by atoms with Crippen molar-refractivity contribution in [3.63, 3.8) is 0 Å². The lowest BCUT2D eigenvalue weighted by molar-refractivity contribution is -0.154. The summed E-state index contributed by atoms with van der Waals surface area (Å²) in [5, 5.41) is 8.74. The lowest BCUT2D eigenvalue weighted by atomic mass is 10.0. The molecule has 126 valence electrons. The first-order valence-corrected chi connectivity index (χ1v) is 7.59. The summed E-state index contributed by atoms with van der Waals surface area (Å²) < 4.78 is 6.75. The van der Waals surface area contributed by atoms with Gasteiger partial charge in [0, 0.05) is 19.4 Å². The Labute approximate surface area is 134 Å². The normalized spacial score (nSPS) is 16.8. The minimum Gasteiger partial charge on any atom is -0.481 e. The molecule has 1 amide bonds. The molecule has 1 aromatic rings. The first-order valence-electron chi connectivity index (χ1n) is 7.59. The molecule has 0 radical (unpaired) electrons. The van der Waals surface area contributed by atoms with Crippen LogP contribution in [0, 0.1) is 0 Å². The fourth-order valence-corrected chi connectivity index (χ4v) is 2.77. The number of rotatable bonds is 6. The number of hydrogen-bond acceptors (Lipinski definition) is 5. The Balaban J connectivity index is 2.25. The summed E-state index contributed by atoms with van der Waals surface area (Å²) in [7, 11) is 1.27. The Kier molecular flexibility index (Phi) is 5.36. The van der Waals surface area contributed by atoms with E-state index >= 15 is 0 Å². The molecule has 1 aliphatic rings. The van der Waals surface area contributed by atoms with Gasteiger partial charge in [-0.2, -0.15) is 0 Å². The second kappa shape index (κ2) is 7.26. The van der Waals surface area contributed by atoms with Gasteiger partial charge in [-0.15, -0.1) is 0 Å². The molecule has 0 aliphatic carbocycles. The molecule has 0 fully saturated rings. The average molecular weight is 323 g/mol. The Morgan fingerprint density at radius 1 is 1.39 bits per heavy atom. The van der Waals surface area contributed by atoms with Gasteiger partial charge in [0.05, 0.1) is 37.8 Å². The monoisotopic (exact) mass is 323 g/mol. The maximum Gasteiger partial charge on any atom is 0.329 e. The molecule has 2 rings (SSSR count). The summed E-state index contributed by atoms with van der Waals surface area (Å²) in [6.07, 6.45) is 2.53. The molecule has 1 aliphatic heterocycles. The lowest BCUT2D eigenvalue weighted by Gasteiger charge is -2.34.